The molecule has 1 heterocycles. The van der Waals surface area contributed by atoms with Crippen molar-refractivity contribution in [1.82, 2.24) is 4.31 Å². The molecule has 1 fully saturated rings. The lowest BCUT2D eigenvalue weighted by Crippen LogP contribution is -2.41. The van der Waals surface area contributed by atoms with Crippen LogP contribution in [0.15, 0.2) is 27.6 Å². The molecule has 0 amide bonds. The molecule has 0 spiro atoms. The minimum absolute atomic E-state index is 0.187. The Kier molecular flexibility index (Phi) is 3.07. The van der Waals surface area contributed by atoms with E-state index in [1.54, 1.807) is 12.1 Å². The SMILES string of the molecule is O=S(=O)(c1ccc(Br)cc1Cl)N1CCC1. The highest BCUT2D eigenvalue weighted by atomic mass is 79.9. The van der Waals surface area contributed by atoms with Crippen molar-refractivity contribution in [3.05, 3.63) is 27.7 Å². The van der Waals surface area contributed by atoms with E-state index < -0.39 is 10.0 Å². The first-order valence-corrected chi connectivity index (χ1v) is 7.08. The van der Waals surface area contributed by atoms with Crippen LogP contribution in [0.2, 0.25) is 5.02 Å². The lowest BCUT2D eigenvalue weighted by molar-refractivity contribution is 0.309. The molecule has 1 aliphatic rings. The van der Waals surface area contributed by atoms with Crippen molar-refractivity contribution in [3.8, 4) is 0 Å². The van der Waals surface area contributed by atoms with Gasteiger partial charge < -0.3 is 0 Å². The van der Waals surface area contributed by atoms with Crippen molar-refractivity contribution in [2.24, 2.45) is 0 Å². The van der Waals surface area contributed by atoms with Gasteiger partial charge in [-0.05, 0) is 24.6 Å². The second kappa shape index (κ2) is 4.05. The summed E-state index contributed by atoms with van der Waals surface area (Å²) in [6.07, 6.45) is 0.924. The molecule has 1 saturated heterocycles. The van der Waals surface area contributed by atoms with Crippen molar-refractivity contribution < 1.29 is 8.42 Å². The third-order valence-electron chi connectivity index (χ3n) is 2.33. The van der Waals surface area contributed by atoms with Crippen molar-refractivity contribution in [2.75, 3.05) is 13.1 Å². The number of sulfonamides is 1. The maximum Gasteiger partial charge on any atom is 0.244 e. The van der Waals surface area contributed by atoms with E-state index in [2.05, 4.69) is 15.9 Å². The van der Waals surface area contributed by atoms with E-state index in [0.29, 0.717) is 13.1 Å². The van der Waals surface area contributed by atoms with Gasteiger partial charge in [0.2, 0.25) is 10.0 Å². The first-order chi connectivity index (χ1) is 7.01. The Morgan fingerprint density at radius 2 is 2.00 bits per heavy atom. The van der Waals surface area contributed by atoms with Gasteiger partial charge >= 0.3 is 0 Å². The van der Waals surface area contributed by atoms with E-state index >= 15 is 0 Å². The zero-order chi connectivity index (χ0) is 11.1. The molecule has 0 saturated carbocycles. The lowest BCUT2D eigenvalue weighted by Gasteiger charge is -2.29. The Hall–Kier alpha value is -0.100. The van der Waals surface area contributed by atoms with Gasteiger partial charge in [-0.1, -0.05) is 27.5 Å². The second-order valence-corrected chi connectivity index (χ2v) is 6.56. The fourth-order valence-corrected chi connectivity index (χ4v) is 3.88. The summed E-state index contributed by atoms with van der Waals surface area (Å²) in [7, 11) is -3.37. The molecular weight excluding hydrogens is 302 g/mol. The largest absolute Gasteiger partial charge is 0.244 e. The van der Waals surface area contributed by atoms with Gasteiger partial charge in [0.15, 0.2) is 0 Å². The Labute approximate surface area is 102 Å². The van der Waals surface area contributed by atoms with Gasteiger partial charge in [-0.25, -0.2) is 8.42 Å². The van der Waals surface area contributed by atoms with Crippen LogP contribution in [-0.4, -0.2) is 25.8 Å². The van der Waals surface area contributed by atoms with Crippen LogP contribution in [-0.2, 0) is 10.0 Å². The predicted octanol–water partition coefficient (Wildman–Crippen LogP) is 2.50. The highest BCUT2D eigenvalue weighted by molar-refractivity contribution is 9.10. The van der Waals surface area contributed by atoms with Crippen LogP contribution in [0.1, 0.15) is 6.42 Å². The van der Waals surface area contributed by atoms with Crippen LogP contribution in [0.4, 0.5) is 0 Å². The zero-order valence-corrected chi connectivity index (χ0v) is 10.9. The van der Waals surface area contributed by atoms with E-state index in [0.717, 1.165) is 10.9 Å². The minimum atomic E-state index is -3.37. The van der Waals surface area contributed by atoms with Crippen LogP contribution in [0, 0.1) is 0 Å². The maximum absolute atomic E-state index is 12.0. The van der Waals surface area contributed by atoms with E-state index in [-0.39, 0.29) is 9.92 Å². The molecular formula is C9H9BrClNO2S. The molecule has 15 heavy (non-hydrogen) atoms. The van der Waals surface area contributed by atoms with Gasteiger partial charge in [0.25, 0.3) is 0 Å². The minimum Gasteiger partial charge on any atom is -0.207 e. The number of rotatable bonds is 2. The summed E-state index contributed by atoms with van der Waals surface area (Å²) in [4.78, 5) is 0.187. The molecule has 1 aliphatic heterocycles. The quantitative estimate of drug-likeness (QED) is 0.841. The van der Waals surface area contributed by atoms with Gasteiger partial charge in [0, 0.05) is 17.6 Å². The zero-order valence-electron chi connectivity index (χ0n) is 7.78. The average Bonchev–Trinajstić information content (AvgIpc) is 1.97. The van der Waals surface area contributed by atoms with Crippen LogP contribution < -0.4 is 0 Å². The van der Waals surface area contributed by atoms with Crippen LogP contribution >= 0.6 is 27.5 Å². The van der Waals surface area contributed by atoms with Crippen LogP contribution in [0.25, 0.3) is 0 Å². The summed E-state index contributed by atoms with van der Waals surface area (Å²) in [6.45, 7) is 1.18. The molecule has 0 radical (unpaired) electrons. The number of halogens is 2. The summed E-state index contributed by atoms with van der Waals surface area (Å²) in [5.41, 5.74) is 0. The van der Waals surface area contributed by atoms with E-state index in [9.17, 15) is 8.42 Å². The topological polar surface area (TPSA) is 37.4 Å². The van der Waals surface area contributed by atoms with E-state index in [1.807, 2.05) is 0 Å². The predicted molar refractivity (Wildman–Crippen MR) is 62.5 cm³/mol. The Bertz CT molecular complexity index is 485. The monoisotopic (exact) mass is 309 g/mol. The number of hydrogen-bond donors (Lipinski definition) is 0. The molecule has 0 atom stereocenters. The van der Waals surface area contributed by atoms with Crippen molar-refractivity contribution in [2.45, 2.75) is 11.3 Å². The standard InChI is InChI=1S/C9H9BrClNO2S/c10-7-2-3-9(8(11)6-7)15(13,14)12-4-1-5-12/h2-3,6H,1,4-5H2. The Morgan fingerprint density at radius 3 is 2.47 bits per heavy atom. The molecule has 82 valence electrons. The fraction of sp³-hybridized carbons (Fsp3) is 0.333. The van der Waals surface area contributed by atoms with E-state index in [1.165, 1.54) is 10.4 Å². The first-order valence-electron chi connectivity index (χ1n) is 4.47. The van der Waals surface area contributed by atoms with Crippen molar-refractivity contribution >= 4 is 37.6 Å². The molecule has 6 heteroatoms. The Balaban J connectivity index is 2.44. The summed E-state index contributed by atoms with van der Waals surface area (Å²) in [5, 5.41) is 0.260. The van der Waals surface area contributed by atoms with Crippen molar-refractivity contribution in [1.29, 1.82) is 0 Å². The number of nitrogens with zero attached hydrogens (tertiary/aromatic N) is 1. The molecule has 0 unspecified atom stereocenters. The molecule has 0 N–H and O–H groups in total. The highest BCUT2D eigenvalue weighted by Crippen LogP contribution is 2.29. The maximum atomic E-state index is 12.0. The molecule has 0 aromatic heterocycles. The van der Waals surface area contributed by atoms with Crippen LogP contribution in [0.5, 0.6) is 0 Å². The molecule has 1 aromatic carbocycles. The smallest absolute Gasteiger partial charge is 0.207 e. The molecule has 0 bridgehead atoms. The first kappa shape index (κ1) is 11.4. The molecule has 1 aromatic rings. The van der Waals surface area contributed by atoms with Gasteiger partial charge in [-0.2, -0.15) is 4.31 Å². The molecule has 3 nitrogen and oxygen atoms in total. The number of hydrogen-bond acceptors (Lipinski definition) is 2. The van der Waals surface area contributed by atoms with Crippen molar-refractivity contribution in [3.63, 3.8) is 0 Å². The normalized spacial score (nSPS) is 17.5. The highest BCUT2D eigenvalue weighted by Gasteiger charge is 2.30. The summed E-state index contributed by atoms with van der Waals surface area (Å²) >= 11 is 9.14. The summed E-state index contributed by atoms with van der Waals surface area (Å²) < 4.78 is 26.2. The Morgan fingerprint density at radius 1 is 1.33 bits per heavy atom. The van der Waals surface area contributed by atoms with Gasteiger partial charge in [0.1, 0.15) is 4.90 Å². The van der Waals surface area contributed by atoms with Gasteiger partial charge in [-0.3, -0.25) is 0 Å². The fourth-order valence-electron chi connectivity index (χ4n) is 1.35. The molecule has 0 aliphatic carbocycles. The lowest BCUT2D eigenvalue weighted by atomic mass is 10.3. The van der Waals surface area contributed by atoms with E-state index in [4.69, 9.17) is 11.6 Å². The third kappa shape index (κ3) is 2.06. The van der Waals surface area contributed by atoms with Crippen LogP contribution in [0.3, 0.4) is 0 Å². The van der Waals surface area contributed by atoms with Gasteiger partial charge in [0.05, 0.1) is 5.02 Å². The summed E-state index contributed by atoms with van der Waals surface area (Å²) in [5.74, 6) is 0. The average molecular weight is 311 g/mol. The van der Waals surface area contributed by atoms with Gasteiger partial charge in [-0.15, -0.1) is 0 Å². The molecule has 2 rings (SSSR count). The summed E-state index contributed by atoms with van der Waals surface area (Å²) in [6, 6.07) is 4.80. The number of benzene rings is 1. The second-order valence-electron chi connectivity index (χ2n) is 3.33. The third-order valence-corrected chi connectivity index (χ3v) is 5.20.